The summed E-state index contributed by atoms with van der Waals surface area (Å²) in [6, 6.07) is 0. The normalized spacial score (nSPS) is 25.1. The zero-order valence-corrected chi connectivity index (χ0v) is 7.52. The standard InChI is InChI=1S/C10H16O/c1-8-6-4-5-7-9(8)10(2,3)11/h4-5,7-8,11H,6H2,1-3H3/p+1. The molecule has 0 heterocycles. The van der Waals surface area contributed by atoms with Crippen LogP contribution in [-0.2, 0) is 0 Å². The summed E-state index contributed by atoms with van der Waals surface area (Å²) >= 11 is 0. The fourth-order valence-corrected chi connectivity index (χ4v) is 1.57. The van der Waals surface area contributed by atoms with Crippen LogP contribution in [0, 0.1) is 5.92 Å². The van der Waals surface area contributed by atoms with E-state index in [4.69, 9.17) is 5.11 Å². The van der Waals surface area contributed by atoms with E-state index >= 15 is 0 Å². The van der Waals surface area contributed by atoms with E-state index in [-0.39, 0.29) is 0 Å². The van der Waals surface area contributed by atoms with Crippen LogP contribution in [0.3, 0.4) is 0 Å². The second-order valence-electron chi connectivity index (χ2n) is 3.81. The van der Waals surface area contributed by atoms with Crippen molar-refractivity contribution in [3.63, 3.8) is 0 Å². The highest BCUT2D eigenvalue weighted by atomic mass is 16.3. The molecule has 0 radical (unpaired) electrons. The minimum absolute atomic E-state index is 0.399. The van der Waals surface area contributed by atoms with Gasteiger partial charge >= 0.3 is 0 Å². The van der Waals surface area contributed by atoms with Crippen LogP contribution < -0.4 is 0 Å². The van der Waals surface area contributed by atoms with Gasteiger partial charge in [0.05, 0.1) is 0 Å². The first-order valence-electron chi connectivity index (χ1n) is 4.14. The molecular weight excluding hydrogens is 136 g/mol. The molecule has 1 nitrogen and oxygen atoms in total. The topological polar surface area (TPSA) is 22.9 Å². The third-order valence-electron chi connectivity index (χ3n) is 2.15. The molecule has 0 aliphatic heterocycles. The molecule has 1 unspecified atom stereocenters. The van der Waals surface area contributed by atoms with Crippen molar-refractivity contribution in [3.05, 3.63) is 23.8 Å². The minimum Gasteiger partial charge on any atom is -0.438 e. The van der Waals surface area contributed by atoms with Crippen LogP contribution in [0.15, 0.2) is 23.8 Å². The Morgan fingerprint density at radius 1 is 1.55 bits per heavy atom. The van der Waals surface area contributed by atoms with Crippen molar-refractivity contribution in [3.8, 4) is 0 Å². The van der Waals surface area contributed by atoms with E-state index in [1.165, 1.54) is 5.57 Å². The molecule has 2 N–H and O–H groups in total. The van der Waals surface area contributed by atoms with Crippen molar-refractivity contribution in [1.82, 2.24) is 0 Å². The van der Waals surface area contributed by atoms with Gasteiger partial charge in [0.25, 0.3) is 0 Å². The van der Waals surface area contributed by atoms with Crippen LogP contribution >= 0.6 is 0 Å². The molecule has 0 spiro atoms. The fraction of sp³-hybridized carbons (Fsp3) is 0.600. The lowest BCUT2D eigenvalue weighted by Gasteiger charge is -2.24. The molecule has 11 heavy (non-hydrogen) atoms. The molecule has 0 aromatic heterocycles. The van der Waals surface area contributed by atoms with E-state index in [0.29, 0.717) is 5.92 Å². The van der Waals surface area contributed by atoms with Gasteiger partial charge in [-0.05, 0) is 12.3 Å². The average molecular weight is 153 g/mol. The first-order valence-corrected chi connectivity index (χ1v) is 4.14. The highest BCUT2D eigenvalue weighted by Gasteiger charge is 2.28. The summed E-state index contributed by atoms with van der Waals surface area (Å²) in [5, 5.41) is 7.85. The Hall–Kier alpha value is -0.560. The third kappa shape index (κ3) is 1.93. The maximum Gasteiger partial charge on any atom is 0.180 e. The maximum atomic E-state index is 7.85. The number of hydrogen-bond acceptors (Lipinski definition) is 0. The Morgan fingerprint density at radius 3 is 2.55 bits per heavy atom. The Morgan fingerprint density at radius 2 is 2.18 bits per heavy atom. The molecule has 1 aliphatic carbocycles. The van der Waals surface area contributed by atoms with E-state index in [1.807, 2.05) is 13.8 Å². The molecule has 0 saturated heterocycles. The van der Waals surface area contributed by atoms with Gasteiger partial charge < -0.3 is 5.11 Å². The summed E-state index contributed by atoms with van der Waals surface area (Å²) in [4.78, 5) is 0. The maximum absolute atomic E-state index is 7.85. The van der Waals surface area contributed by atoms with Gasteiger partial charge in [-0.2, -0.15) is 0 Å². The second-order valence-corrected chi connectivity index (χ2v) is 3.81. The van der Waals surface area contributed by atoms with Crippen molar-refractivity contribution in [2.75, 3.05) is 0 Å². The summed E-state index contributed by atoms with van der Waals surface area (Å²) in [5.41, 5.74) is 0.851. The van der Waals surface area contributed by atoms with Gasteiger partial charge in [-0.1, -0.05) is 25.2 Å². The van der Waals surface area contributed by atoms with E-state index in [2.05, 4.69) is 25.2 Å². The monoisotopic (exact) mass is 153 g/mol. The van der Waals surface area contributed by atoms with Crippen molar-refractivity contribution < 1.29 is 5.11 Å². The van der Waals surface area contributed by atoms with Crippen molar-refractivity contribution >= 4 is 0 Å². The predicted molar refractivity (Wildman–Crippen MR) is 48.7 cm³/mol. The molecule has 62 valence electrons. The van der Waals surface area contributed by atoms with E-state index in [0.717, 1.165) is 6.42 Å². The lowest BCUT2D eigenvalue weighted by atomic mass is 9.83. The Labute approximate surface area is 68.4 Å². The van der Waals surface area contributed by atoms with E-state index in [9.17, 15) is 0 Å². The Bertz CT molecular complexity index is 193. The first kappa shape index (κ1) is 8.54. The fourth-order valence-electron chi connectivity index (χ4n) is 1.57. The van der Waals surface area contributed by atoms with Crippen LogP contribution in [0.5, 0.6) is 0 Å². The van der Waals surface area contributed by atoms with Gasteiger partial charge in [0.1, 0.15) is 0 Å². The molecule has 1 rings (SSSR count). The minimum atomic E-state index is -0.399. The Kier molecular flexibility index (Phi) is 2.19. The van der Waals surface area contributed by atoms with Crippen LogP contribution in [0.1, 0.15) is 27.2 Å². The second kappa shape index (κ2) is 2.82. The highest BCUT2D eigenvalue weighted by Crippen LogP contribution is 2.28. The highest BCUT2D eigenvalue weighted by molar-refractivity contribution is 5.26. The van der Waals surface area contributed by atoms with Crippen LogP contribution in [-0.4, -0.2) is 10.7 Å². The SMILES string of the molecule is CC1CC=CC=C1C(C)(C)[OH2+]. The van der Waals surface area contributed by atoms with Gasteiger partial charge in [0.15, 0.2) is 5.60 Å². The van der Waals surface area contributed by atoms with Gasteiger partial charge in [-0.25, -0.2) is 0 Å². The van der Waals surface area contributed by atoms with Crippen LogP contribution in [0.25, 0.3) is 0 Å². The summed E-state index contributed by atoms with van der Waals surface area (Å²) in [6.07, 6.45) is 7.40. The molecular formula is C10H17O+. The molecule has 1 heteroatoms. The molecule has 0 aromatic rings. The molecule has 1 aliphatic rings. The number of hydrogen-bond donors (Lipinski definition) is 0. The largest absolute Gasteiger partial charge is 0.438 e. The zero-order chi connectivity index (χ0) is 8.48. The molecule has 0 bridgehead atoms. The van der Waals surface area contributed by atoms with E-state index in [1.54, 1.807) is 0 Å². The molecule has 0 fully saturated rings. The Balaban J connectivity index is 2.84. The van der Waals surface area contributed by atoms with Crippen LogP contribution in [0.2, 0.25) is 0 Å². The number of allylic oxidation sites excluding steroid dienone is 3. The van der Waals surface area contributed by atoms with Crippen LogP contribution in [0.4, 0.5) is 0 Å². The first-order chi connectivity index (χ1) is 5.02. The predicted octanol–water partition coefficient (Wildman–Crippen LogP) is 2.01. The lowest BCUT2D eigenvalue weighted by Crippen LogP contribution is -2.26. The summed E-state index contributed by atoms with van der Waals surface area (Å²) < 4.78 is 0. The van der Waals surface area contributed by atoms with Gasteiger partial charge in [-0.15, -0.1) is 0 Å². The molecule has 0 saturated carbocycles. The van der Waals surface area contributed by atoms with Gasteiger partial charge in [-0.3, -0.25) is 0 Å². The third-order valence-corrected chi connectivity index (χ3v) is 2.15. The van der Waals surface area contributed by atoms with Crippen molar-refractivity contribution in [2.45, 2.75) is 32.8 Å². The number of rotatable bonds is 1. The van der Waals surface area contributed by atoms with E-state index < -0.39 is 5.60 Å². The van der Waals surface area contributed by atoms with Crippen molar-refractivity contribution in [2.24, 2.45) is 5.92 Å². The summed E-state index contributed by atoms with van der Waals surface area (Å²) in [6.45, 7) is 6.09. The van der Waals surface area contributed by atoms with Crippen molar-refractivity contribution in [1.29, 1.82) is 0 Å². The molecule has 1 atom stereocenters. The quantitative estimate of drug-likeness (QED) is 0.514. The zero-order valence-electron chi connectivity index (χ0n) is 7.52. The van der Waals surface area contributed by atoms with Gasteiger partial charge in [0, 0.05) is 19.4 Å². The molecule has 0 amide bonds. The smallest absolute Gasteiger partial charge is 0.180 e. The lowest BCUT2D eigenvalue weighted by molar-refractivity contribution is 0.108. The summed E-state index contributed by atoms with van der Waals surface area (Å²) in [7, 11) is 0. The average Bonchev–Trinajstić information content (AvgIpc) is 1.86. The van der Waals surface area contributed by atoms with Gasteiger partial charge in [0.2, 0.25) is 0 Å². The molecule has 0 aromatic carbocycles. The summed E-state index contributed by atoms with van der Waals surface area (Å²) in [5.74, 6) is 0.549.